The highest BCUT2D eigenvalue weighted by Gasteiger charge is 2.30. The second-order valence-corrected chi connectivity index (χ2v) is 8.45. The smallest absolute Gasteiger partial charge is 0.407 e. The Morgan fingerprint density at radius 1 is 0.969 bits per heavy atom. The van der Waals surface area contributed by atoms with Crippen molar-refractivity contribution in [2.24, 2.45) is 0 Å². The van der Waals surface area contributed by atoms with E-state index in [1.807, 2.05) is 66.0 Å². The highest BCUT2D eigenvalue weighted by molar-refractivity contribution is 7.09. The SMILES string of the molecule is O=C(O)CC(NC(=O)OCC1c2ccccc2-c2ccccc21)C(=O)NCc1cccs1. The van der Waals surface area contributed by atoms with E-state index in [4.69, 9.17) is 9.84 Å². The lowest BCUT2D eigenvalue weighted by Gasteiger charge is -2.18. The van der Waals surface area contributed by atoms with Crippen LogP contribution < -0.4 is 10.6 Å². The van der Waals surface area contributed by atoms with Gasteiger partial charge in [0.2, 0.25) is 5.91 Å². The fourth-order valence-corrected chi connectivity index (χ4v) is 4.52. The van der Waals surface area contributed by atoms with Gasteiger partial charge in [-0.3, -0.25) is 9.59 Å². The number of thiophene rings is 1. The Labute approximate surface area is 189 Å². The van der Waals surface area contributed by atoms with Gasteiger partial charge < -0.3 is 20.5 Å². The first-order chi connectivity index (χ1) is 15.5. The monoisotopic (exact) mass is 450 g/mol. The molecule has 0 saturated heterocycles. The first-order valence-electron chi connectivity index (χ1n) is 10.2. The minimum atomic E-state index is -1.23. The largest absolute Gasteiger partial charge is 0.481 e. The number of nitrogens with one attached hydrogen (secondary N) is 2. The van der Waals surface area contributed by atoms with Gasteiger partial charge in [-0.05, 0) is 33.7 Å². The lowest BCUT2D eigenvalue weighted by Crippen LogP contribution is -2.47. The predicted molar refractivity (Wildman–Crippen MR) is 120 cm³/mol. The summed E-state index contributed by atoms with van der Waals surface area (Å²) in [4.78, 5) is 37.0. The first-order valence-corrected chi connectivity index (χ1v) is 11.0. The fourth-order valence-electron chi connectivity index (χ4n) is 3.88. The summed E-state index contributed by atoms with van der Waals surface area (Å²) in [6.07, 6.45) is -1.37. The standard InChI is InChI=1S/C24H22N2O5S/c27-22(28)12-21(23(29)25-13-15-6-5-11-32-15)26-24(30)31-14-20-18-9-3-1-7-16(18)17-8-2-4-10-19(17)20/h1-11,20-21H,12-14H2,(H,25,29)(H,26,30)(H,27,28). The van der Waals surface area contributed by atoms with Crippen LogP contribution in [0.5, 0.6) is 0 Å². The number of ether oxygens (including phenoxy) is 1. The number of carbonyl (C=O) groups is 3. The second-order valence-electron chi connectivity index (χ2n) is 7.42. The van der Waals surface area contributed by atoms with Gasteiger partial charge in [-0.1, -0.05) is 54.6 Å². The van der Waals surface area contributed by atoms with Crippen LogP contribution in [-0.4, -0.2) is 35.7 Å². The van der Waals surface area contributed by atoms with E-state index >= 15 is 0 Å². The third-order valence-corrected chi connectivity index (χ3v) is 6.22. The van der Waals surface area contributed by atoms with Crippen LogP contribution in [0.2, 0.25) is 0 Å². The van der Waals surface area contributed by atoms with Gasteiger partial charge in [0, 0.05) is 10.8 Å². The van der Waals surface area contributed by atoms with Crippen LogP contribution in [0.3, 0.4) is 0 Å². The molecule has 1 heterocycles. The Balaban J connectivity index is 1.39. The van der Waals surface area contributed by atoms with E-state index in [-0.39, 0.29) is 19.1 Å². The van der Waals surface area contributed by atoms with Gasteiger partial charge >= 0.3 is 12.1 Å². The summed E-state index contributed by atoms with van der Waals surface area (Å²) in [5.41, 5.74) is 4.34. The summed E-state index contributed by atoms with van der Waals surface area (Å²) in [7, 11) is 0. The average molecular weight is 451 g/mol. The number of amides is 2. The molecule has 3 N–H and O–H groups in total. The van der Waals surface area contributed by atoms with E-state index in [1.165, 1.54) is 11.3 Å². The number of hydrogen-bond donors (Lipinski definition) is 3. The fraction of sp³-hybridized carbons (Fsp3) is 0.208. The third-order valence-electron chi connectivity index (χ3n) is 5.35. The van der Waals surface area contributed by atoms with Gasteiger partial charge in [0.15, 0.2) is 0 Å². The van der Waals surface area contributed by atoms with Crippen LogP contribution in [0.4, 0.5) is 4.79 Å². The van der Waals surface area contributed by atoms with Gasteiger partial charge in [-0.25, -0.2) is 4.79 Å². The first kappa shape index (κ1) is 21.6. The third kappa shape index (κ3) is 4.81. The molecule has 0 aliphatic heterocycles. The number of hydrogen-bond acceptors (Lipinski definition) is 5. The number of carbonyl (C=O) groups excluding carboxylic acids is 2. The Bertz CT molecular complexity index is 1080. The molecule has 7 nitrogen and oxygen atoms in total. The molecule has 0 bridgehead atoms. The zero-order valence-electron chi connectivity index (χ0n) is 17.1. The molecule has 1 aromatic heterocycles. The molecule has 0 spiro atoms. The van der Waals surface area contributed by atoms with Crippen molar-refractivity contribution < 1.29 is 24.2 Å². The van der Waals surface area contributed by atoms with Crippen molar-refractivity contribution in [2.75, 3.05) is 6.61 Å². The van der Waals surface area contributed by atoms with Crippen molar-refractivity contribution in [1.29, 1.82) is 0 Å². The van der Waals surface area contributed by atoms with Crippen LogP contribution in [0.1, 0.15) is 28.3 Å². The van der Waals surface area contributed by atoms with E-state index in [9.17, 15) is 14.4 Å². The second kappa shape index (κ2) is 9.65. The number of alkyl carbamates (subject to hydrolysis) is 1. The Kier molecular flexibility index (Phi) is 6.51. The highest BCUT2D eigenvalue weighted by atomic mass is 32.1. The molecule has 8 heteroatoms. The normalized spacial score (nSPS) is 13.0. The van der Waals surface area contributed by atoms with E-state index < -0.39 is 30.4 Å². The molecule has 3 aromatic rings. The van der Waals surface area contributed by atoms with Crippen molar-refractivity contribution in [3.8, 4) is 11.1 Å². The van der Waals surface area contributed by atoms with Gasteiger partial charge in [-0.15, -0.1) is 11.3 Å². The number of rotatable bonds is 8. The summed E-state index contributed by atoms with van der Waals surface area (Å²) in [5, 5.41) is 16.1. The number of carboxylic acid groups (broad SMARTS) is 1. The molecular formula is C24H22N2O5S. The van der Waals surface area contributed by atoms with E-state index in [0.717, 1.165) is 27.1 Å². The molecule has 164 valence electrons. The van der Waals surface area contributed by atoms with Crippen molar-refractivity contribution >= 4 is 29.3 Å². The van der Waals surface area contributed by atoms with Crippen molar-refractivity contribution in [2.45, 2.75) is 24.9 Å². The van der Waals surface area contributed by atoms with Gasteiger partial charge in [0.25, 0.3) is 0 Å². The van der Waals surface area contributed by atoms with Crippen LogP contribution >= 0.6 is 11.3 Å². The molecule has 1 aliphatic rings. The summed E-state index contributed by atoms with van der Waals surface area (Å²) in [6.45, 7) is 0.343. The maximum atomic E-state index is 12.5. The quantitative estimate of drug-likeness (QED) is 0.485. The zero-order valence-corrected chi connectivity index (χ0v) is 17.9. The van der Waals surface area contributed by atoms with E-state index in [1.54, 1.807) is 0 Å². The van der Waals surface area contributed by atoms with Crippen LogP contribution in [-0.2, 0) is 20.9 Å². The summed E-state index contributed by atoms with van der Waals surface area (Å²) in [6, 6.07) is 18.4. The Hall–Kier alpha value is -3.65. The molecule has 1 unspecified atom stereocenters. The summed E-state index contributed by atoms with van der Waals surface area (Å²) < 4.78 is 5.43. The molecular weight excluding hydrogens is 428 g/mol. The van der Waals surface area contributed by atoms with Crippen molar-refractivity contribution in [3.63, 3.8) is 0 Å². The Morgan fingerprint density at radius 3 is 2.22 bits per heavy atom. The molecule has 0 fully saturated rings. The minimum Gasteiger partial charge on any atom is -0.481 e. The highest BCUT2D eigenvalue weighted by Crippen LogP contribution is 2.44. The number of aliphatic carboxylic acids is 1. The van der Waals surface area contributed by atoms with Crippen molar-refractivity contribution in [1.82, 2.24) is 10.6 Å². The number of benzene rings is 2. The molecule has 1 atom stereocenters. The van der Waals surface area contributed by atoms with Gasteiger partial charge in [-0.2, -0.15) is 0 Å². The van der Waals surface area contributed by atoms with Gasteiger partial charge in [0.05, 0.1) is 13.0 Å². The molecule has 1 aliphatic carbocycles. The molecule has 4 rings (SSSR count). The van der Waals surface area contributed by atoms with E-state index in [2.05, 4.69) is 10.6 Å². The average Bonchev–Trinajstić information content (AvgIpc) is 3.41. The number of carboxylic acids is 1. The van der Waals surface area contributed by atoms with Crippen LogP contribution in [0.15, 0.2) is 66.0 Å². The van der Waals surface area contributed by atoms with Gasteiger partial charge in [0.1, 0.15) is 12.6 Å². The maximum absolute atomic E-state index is 12.5. The Morgan fingerprint density at radius 2 is 1.62 bits per heavy atom. The zero-order chi connectivity index (χ0) is 22.5. The molecule has 32 heavy (non-hydrogen) atoms. The lowest BCUT2D eigenvalue weighted by atomic mass is 9.98. The number of fused-ring (bicyclic) bond motifs is 3. The lowest BCUT2D eigenvalue weighted by molar-refractivity contribution is -0.139. The van der Waals surface area contributed by atoms with E-state index in [0.29, 0.717) is 0 Å². The van der Waals surface area contributed by atoms with Crippen LogP contribution in [0.25, 0.3) is 11.1 Å². The molecule has 2 amide bonds. The molecule has 0 radical (unpaired) electrons. The molecule has 0 saturated carbocycles. The minimum absolute atomic E-state index is 0.0798. The summed E-state index contributed by atoms with van der Waals surface area (Å²) in [5.74, 6) is -1.90. The topological polar surface area (TPSA) is 105 Å². The summed E-state index contributed by atoms with van der Waals surface area (Å²) >= 11 is 1.47. The predicted octanol–water partition coefficient (Wildman–Crippen LogP) is 3.75. The molecule has 2 aromatic carbocycles. The maximum Gasteiger partial charge on any atom is 0.407 e. The van der Waals surface area contributed by atoms with Crippen molar-refractivity contribution in [3.05, 3.63) is 82.0 Å². The van der Waals surface area contributed by atoms with Crippen LogP contribution in [0, 0.1) is 0 Å².